The number of hydrogen-bond donors (Lipinski definition) is 1. The van der Waals surface area contributed by atoms with Crippen LogP contribution in [0.25, 0.3) is 10.8 Å². The normalized spacial score (nSPS) is 12.5. The Kier molecular flexibility index (Phi) is 5.23. The van der Waals surface area contributed by atoms with Gasteiger partial charge >= 0.3 is 0 Å². The van der Waals surface area contributed by atoms with Crippen molar-refractivity contribution in [1.29, 1.82) is 0 Å². The van der Waals surface area contributed by atoms with Gasteiger partial charge in [-0.1, -0.05) is 55.5 Å². The van der Waals surface area contributed by atoms with Crippen molar-refractivity contribution in [1.82, 2.24) is 4.72 Å². The molecule has 0 aliphatic rings. The second-order valence-corrected chi connectivity index (χ2v) is 7.69. The zero-order chi connectivity index (χ0) is 18.6. The van der Waals surface area contributed by atoms with Gasteiger partial charge < -0.3 is 4.74 Å². The van der Waals surface area contributed by atoms with Gasteiger partial charge in [0.15, 0.2) is 0 Å². The van der Waals surface area contributed by atoms with E-state index in [4.69, 9.17) is 4.74 Å². The lowest BCUT2D eigenvalue weighted by Crippen LogP contribution is -2.36. The summed E-state index contributed by atoms with van der Waals surface area (Å²) in [6.45, 7) is 1.71. The molecule has 0 aromatic heterocycles. The van der Waals surface area contributed by atoms with Crippen LogP contribution in [-0.4, -0.2) is 20.9 Å². The number of fused-ring (bicyclic) bond motifs is 1. The summed E-state index contributed by atoms with van der Waals surface area (Å²) >= 11 is 0. The Morgan fingerprint density at radius 3 is 2.35 bits per heavy atom. The second kappa shape index (κ2) is 7.58. The Hall–Kier alpha value is -2.86. The van der Waals surface area contributed by atoms with Crippen LogP contribution in [0.15, 0.2) is 77.7 Å². The maximum absolute atomic E-state index is 12.5. The number of carbonyl (C=O) groups is 1. The van der Waals surface area contributed by atoms with Crippen LogP contribution in [0.4, 0.5) is 0 Å². The molecule has 3 rings (SSSR count). The van der Waals surface area contributed by atoms with Crippen LogP contribution in [-0.2, 0) is 14.8 Å². The summed E-state index contributed by atoms with van der Waals surface area (Å²) in [7, 11) is -3.93. The van der Waals surface area contributed by atoms with E-state index in [1.165, 1.54) is 6.07 Å². The lowest BCUT2D eigenvalue weighted by Gasteiger charge is -2.14. The average molecular weight is 369 g/mol. The van der Waals surface area contributed by atoms with E-state index in [9.17, 15) is 13.2 Å². The molecular weight excluding hydrogens is 350 g/mol. The van der Waals surface area contributed by atoms with Crippen LogP contribution in [0.2, 0.25) is 0 Å². The predicted molar refractivity (Wildman–Crippen MR) is 100 cm³/mol. The van der Waals surface area contributed by atoms with E-state index in [-0.39, 0.29) is 11.5 Å². The first-order chi connectivity index (χ1) is 12.5. The molecule has 0 fully saturated rings. The summed E-state index contributed by atoms with van der Waals surface area (Å²) in [5.41, 5.74) is 0. The van der Waals surface area contributed by atoms with Gasteiger partial charge in [0.25, 0.3) is 10.0 Å². The maximum atomic E-state index is 12.5. The maximum Gasteiger partial charge on any atom is 0.264 e. The topological polar surface area (TPSA) is 72.5 Å². The molecule has 6 heteroatoms. The molecule has 1 amide bonds. The Labute approximate surface area is 152 Å². The van der Waals surface area contributed by atoms with Crippen LogP contribution >= 0.6 is 0 Å². The largest absolute Gasteiger partial charge is 0.493 e. The van der Waals surface area contributed by atoms with Gasteiger partial charge in [-0.15, -0.1) is 0 Å². The molecule has 0 spiro atoms. The van der Waals surface area contributed by atoms with Crippen molar-refractivity contribution in [2.75, 3.05) is 6.61 Å². The van der Waals surface area contributed by atoms with Crippen LogP contribution in [0.3, 0.4) is 0 Å². The van der Waals surface area contributed by atoms with Crippen molar-refractivity contribution in [3.05, 3.63) is 72.8 Å². The van der Waals surface area contributed by atoms with E-state index >= 15 is 0 Å². The number of benzene rings is 3. The lowest BCUT2D eigenvalue weighted by atomic mass is 10.1. The van der Waals surface area contributed by atoms with Gasteiger partial charge in [0.05, 0.1) is 17.4 Å². The third-order valence-electron chi connectivity index (χ3n) is 3.96. The summed E-state index contributed by atoms with van der Waals surface area (Å²) in [5, 5.41) is 1.73. The van der Waals surface area contributed by atoms with Crippen molar-refractivity contribution < 1.29 is 17.9 Å². The van der Waals surface area contributed by atoms with Gasteiger partial charge in [-0.3, -0.25) is 4.79 Å². The minimum Gasteiger partial charge on any atom is -0.493 e. The van der Waals surface area contributed by atoms with E-state index in [2.05, 4.69) is 4.72 Å². The van der Waals surface area contributed by atoms with Crippen LogP contribution in [0.5, 0.6) is 5.75 Å². The zero-order valence-electron chi connectivity index (χ0n) is 14.3. The Balaban J connectivity index is 1.68. The Morgan fingerprint density at radius 2 is 1.62 bits per heavy atom. The molecule has 5 nitrogen and oxygen atoms in total. The Morgan fingerprint density at radius 1 is 0.962 bits per heavy atom. The van der Waals surface area contributed by atoms with Gasteiger partial charge in [-0.05, 0) is 35.0 Å². The highest BCUT2D eigenvalue weighted by molar-refractivity contribution is 7.90. The van der Waals surface area contributed by atoms with Gasteiger partial charge in [0.1, 0.15) is 5.75 Å². The smallest absolute Gasteiger partial charge is 0.264 e. The minimum absolute atomic E-state index is 0.0562. The van der Waals surface area contributed by atoms with E-state index in [1.807, 2.05) is 42.5 Å². The highest BCUT2D eigenvalue weighted by Crippen LogP contribution is 2.19. The number of para-hydroxylation sites is 1. The molecule has 0 saturated carbocycles. The van der Waals surface area contributed by atoms with E-state index in [0.717, 1.165) is 10.8 Å². The summed E-state index contributed by atoms with van der Waals surface area (Å²) in [6.07, 6.45) is 0. The molecule has 26 heavy (non-hydrogen) atoms. The molecule has 3 aromatic rings. The summed E-state index contributed by atoms with van der Waals surface area (Å²) in [6, 6.07) is 21.3. The lowest BCUT2D eigenvalue weighted by molar-refractivity contribution is -0.123. The SMILES string of the molecule is CC(COc1ccccc1)C(=O)NS(=O)(=O)c1ccc2ccccc2c1. The number of sulfonamides is 1. The summed E-state index contributed by atoms with van der Waals surface area (Å²) in [5.74, 6) is -0.593. The summed E-state index contributed by atoms with van der Waals surface area (Å²) < 4.78 is 32.6. The molecule has 134 valence electrons. The molecule has 0 aliphatic carbocycles. The third kappa shape index (κ3) is 4.21. The molecule has 0 heterocycles. The molecule has 1 N–H and O–H groups in total. The van der Waals surface area contributed by atoms with Crippen molar-refractivity contribution in [3.8, 4) is 5.75 Å². The summed E-state index contributed by atoms with van der Waals surface area (Å²) in [4.78, 5) is 12.3. The number of nitrogens with one attached hydrogen (secondary N) is 1. The van der Waals surface area contributed by atoms with Gasteiger partial charge in [0, 0.05) is 0 Å². The van der Waals surface area contributed by atoms with Crippen molar-refractivity contribution in [2.24, 2.45) is 5.92 Å². The van der Waals surface area contributed by atoms with Gasteiger partial charge in [0.2, 0.25) is 5.91 Å². The first kappa shape index (κ1) is 17.9. The van der Waals surface area contributed by atoms with Crippen molar-refractivity contribution in [2.45, 2.75) is 11.8 Å². The molecule has 0 saturated heterocycles. The fraction of sp³-hybridized carbons (Fsp3) is 0.150. The monoisotopic (exact) mass is 369 g/mol. The number of hydrogen-bond acceptors (Lipinski definition) is 4. The first-order valence-corrected chi connectivity index (χ1v) is 9.67. The zero-order valence-corrected chi connectivity index (χ0v) is 15.1. The molecule has 1 atom stereocenters. The minimum atomic E-state index is -3.93. The first-order valence-electron chi connectivity index (χ1n) is 8.19. The highest BCUT2D eigenvalue weighted by atomic mass is 32.2. The van der Waals surface area contributed by atoms with Crippen LogP contribution in [0.1, 0.15) is 6.92 Å². The molecule has 3 aromatic carbocycles. The molecule has 0 bridgehead atoms. The quantitative estimate of drug-likeness (QED) is 0.723. The predicted octanol–water partition coefficient (Wildman–Crippen LogP) is 3.36. The number of amides is 1. The van der Waals surface area contributed by atoms with Crippen LogP contribution < -0.4 is 9.46 Å². The van der Waals surface area contributed by atoms with E-state index < -0.39 is 21.8 Å². The number of carbonyl (C=O) groups excluding carboxylic acids is 1. The average Bonchev–Trinajstić information content (AvgIpc) is 2.66. The fourth-order valence-corrected chi connectivity index (χ4v) is 3.55. The third-order valence-corrected chi connectivity index (χ3v) is 5.30. The number of ether oxygens (including phenoxy) is 1. The van der Waals surface area contributed by atoms with E-state index in [1.54, 1.807) is 31.2 Å². The highest BCUT2D eigenvalue weighted by Gasteiger charge is 2.22. The van der Waals surface area contributed by atoms with E-state index in [0.29, 0.717) is 5.75 Å². The van der Waals surface area contributed by atoms with Gasteiger partial charge in [-0.25, -0.2) is 13.1 Å². The second-order valence-electron chi connectivity index (χ2n) is 6.00. The Bertz CT molecular complexity index is 1020. The molecule has 0 radical (unpaired) electrons. The standard InChI is InChI=1S/C20H19NO4S/c1-15(14-25-18-9-3-2-4-10-18)20(22)21-26(23,24)19-12-11-16-7-5-6-8-17(16)13-19/h2-13,15H,14H2,1H3,(H,21,22). The molecule has 1 unspecified atom stereocenters. The fourth-order valence-electron chi connectivity index (χ4n) is 2.44. The molecular formula is C20H19NO4S. The van der Waals surface area contributed by atoms with Crippen LogP contribution in [0, 0.1) is 5.92 Å². The van der Waals surface area contributed by atoms with Crippen molar-refractivity contribution in [3.63, 3.8) is 0 Å². The number of rotatable bonds is 6. The molecule has 0 aliphatic heterocycles. The van der Waals surface area contributed by atoms with Crippen molar-refractivity contribution >= 4 is 26.7 Å². The van der Waals surface area contributed by atoms with Gasteiger partial charge in [-0.2, -0.15) is 0 Å².